The lowest BCUT2D eigenvalue weighted by Gasteiger charge is -2.19. The summed E-state index contributed by atoms with van der Waals surface area (Å²) in [4.78, 5) is 31.4. The fraction of sp³-hybridized carbons (Fsp3) is 0.381. The SMILES string of the molecule is COc1ccc(C)cc1NC(=O)c1ccnc(C(=O)N2CCCCCC2)c1. The molecule has 27 heavy (non-hydrogen) atoms. The van der Waals surface area contributed by atoms with Gasteiger partial charge in [0.1, 0.15) is 11.4 Å². The van der Waals surface area contributed by atoms with Gasteiger partial charge in [0.2, 0.25) is 0 Å². The molecule has 0 bridgehead atoms. The molecule has 2 aromatic rings. The van der Waals surface area contributed by atoms with Crippen molar-refractivity contribution in [2.75, 3.05) is 25.5 Å². The number of carbonyl (C=O) groups excluding carboxylic acids is 2. The van der Waals surface area contributed by atoms with Crippen molar-refractivity contribution in [1.29, 1.82) is 0 Å². The van der Waals surface area contributed by atoms with E-state index in [0.29, 0.717) is 22.7 Å². The van der Waals surface area contributed by atoms with Crippen molar-refractivity contribution in [2.45, 2.75) is 32.6 Å². The quantitative estimate of drug-likeness (QED) is 0.895. The summed E-state index contributed by atoms with van der Waals surface area (Å²) >= 11 is 0. The minimum Gasteiger partial charge on any atom is -0.495 e. The summed E-state index contributed by atoms with van der Waals surface area (Å²) in [6.07, 6.45) is 5.83. The van der Waals surface area contributed by atoms with Crippen LogP contribution in [0.2, 0.25) is 0 Å². The van der Waals surface area contributed by atoms with Crippen molar-refractivity contribution >= 4 is 17.5 Å². The standard InChI is InChI=1S/C21H25N3O3/c1-15-7-8-19(27-2)17(13-15)23-20(25)16-9-10-22-18(14-16)21(26)24-11-5-3-4-6-12-24/h7-10,13-14H,3-6,11-12H2,1-2H3,(H,23,25). The Kier molecular flexibility index (Phi) is 6.06. The van der Waals surface area contributed by atoms with Crippen molar-refractivity contribution in [3.63, 3.8) is 0 Å². The van der Waals surface area contributed by atoms with Crippen LogP contribution in [0, 0.1) is 6.92 Å². The minimum atomic E-state index is -0.300. The first-order valence-electron chi connectivity index (χ1n) is 9.30. The number of hydrogen-bond acceptors (Lipinski definition) is 4. The molecule has 1 fully saturated rings. The predicted octanol–water partition coefficient (Wildman–Crippen LogP) is 3.67. The molecule has 2 amide bonds. The first kappa shape index (κ1) is 18.9. The molecule has 1 aromatic heterocycles. The molecule has 142 valence electrons. The third kappa shape index (κ3) is 4.64. The van der Waals surface area contributed by atoms with Crippen LogP contribution in [0.15, 0.2) is 36.5 Å². The van der Waals surface area contributed by atoms with E-state index in [4.69, 9.17) is 4.74 Å². The molecule has 1 N–H and O–H groups in total. The van der Waals surface area contributed by atoms with Gasteiger partial charge in [0.15, 0.2) is 0 Å². The maximum absolute atomic E-state index is 12.7. The number of hydrogen-bond donors (Lipinski definition) is 1. The summed E-state index contributed by atoms with van der Waals surface area (Å²) in [7, 11) is 1.56. The summed E-state index contributed by atoms with van der Waals surface area (Å²) in [5.74, 6) is 0.176. The van der Waals surface area contributed by atoms with Gasteiger partial charge in [0, 0.05) is 24.8 Å². The number of aromatic nitrogens is 1. The van der Waals surface area contributed by atoms with Crippen LogP contribution in [0.5, 0.6) is 5.75 Å². The summed E-state index contributed by atoms with van der Waals surface area (Å²) < 4.78 is 5.30. The molecule has 0 atom stereocenters. The predicted molar refractivity (Wildman–Crippen MR) is 104 cm³/mol. The van der Waals surface area contributed by atoms with Crippen LogP contribution in [0.4, 0.5) is 5.69 Å². The lowest BCUT2D eigenvalue weighted by molar-refractivity contribution is 0.0755. The van der Waals surface area contributed by atoms with Crippen molar-refractivity contribution < 1.29 is 14.3 Å². The molecule has 0 saturated carbocycles. The summed E-state index contributed by atoms with van der Waals surface area (Å²) in [6.45, 7) is 3.44. The number of ether oxygens (including phenoxy) is 1. The molecular weight excluding hydrogens is 342 g/mol. The number of amides is 2. The molecule has 3 rings (SSSR count). The number of carbonyl (C=O) groups is 2. The number of rotatable bonds is 4. The molecule has 1 aromatic carbocycles. The molecule has 0 unspecified atom stereocenters. The first-order valence-corrected chi connectivity index (χ1v) is 9.30. The Balaban J connectivity index is 1.77. The van der Waals surface area contributed by atoms with Gasteiger partial charge in [-0.2, -0.15) is 0 Å². The number of anilines is 1. The molecular formula is C21H25N3O3. The van der Waals surface area contributed by atoms with E-state index in [1.165, 1.54) is 6.20 Å². The number of aryl methyl sites for hydroxylation is 1. The Labute approximate surface area is 159 Å². The van der Waals surface area contributed by atoms with Gasteiger partial charge in [-0.25, -0.2) is 0 Å². The van der Waals surface area contributed by atoms with Crippen LogP contribution in [0.25, 0.3) is 0 Å². The second kappa shape index (κ2) is 8.66. The van der Waals surface area contributed by atoms with E-state index >= 15 is 0 Å². The molecule has 6 heteroatoms. The molecule has 1 aliphatic heterocycles. The molecule has 2 heterocycles. The monoisotopic (exact) mass is 367 g/mol. The summed E-state index contributed by atoms with van der Waals surface area (Å²) in [5.41, 5.74) is 2.31. The van der Waals surface area contributed by atoms with Crippen LogP contribution in [0.1, 0.15) is 52.1 Å². The van der Waals surface area contributed by atoms with Crippen LogP contribution < -0.4 is 10.1 Å². The number of likely N-dealkylation sites (tertiary alicyclic amines) is 1. The Morgan fingerprint density at radius 3 is 2.52 bits per heavy atom. The van der Waals surface area contributed by atoms with Crippen LogP contribution in [-0.2, 0) is 0 Å². The zero-order chi connectivity index (χ0) is 19.2. The highest BCUT2D eigenvalue weighted by Gasteiger charge is 2.20. The highest BCUT2D eigenvalue weighted by molar-refractivity contribution is 6.06. The van der Waals surface area contributed by atoms with Gasteiger partial charge in [-0.05, 0) is 49.6 Å². The number of nitrogens with one attached hydrogen (secondary N) is 1. The number of benzene rings is 1. The van der Waals surface area contributed by atoms with Crippen LogP contribution in [0.3, 0.4) is 0 Å². The lowest BCUT2D eigenvalue weighted by atomic mass is 10.1. The van der Waals surface area contributed by atoms with E-state index in [1.54, 1.807) is 19.2 Å². The smallest absolute Gasteiger partial charge is 0.272 e. The Morgan fingerprint density at radius 1 is 1.07 bits per heavy atom. The van der Waals surface area contributed by atoms with Gasteiger partial charge >= 0.3 is 0 Å². The van der Waals surface area contributed by atoms with Crippen molar-refractivity contribution in [3.8, 4) is 5.75 Å². The van der Waals surface area contributed by atoms with Crippen molar-refractivity contribution in [2.24, 2.45) is 0 Å². The van der Waals surface area contributed by atoms with Gasteiger partial charge in [-0.3, -0.25) is 14.6 Å². The molecule has 0 spiro atoms. The largest absolute Gasteiger partial charge is 0.495 e. The Bertz CT molecular complexity index is 827. The Morgan fingerprint density at radius 2 is 1.81 bits per heavy atom. The first-order chi connectivity index (χ1) is 13.1. The van der Waals surface area contributed by atoms with Gasteiger partial charge in [0.25, 0.3) is 11.8 Å². The van der Waals surface area contributed by atoms with E-state index < -0.39 is 0 Å². The molecule has 1 aliphatic rings. The van der Waals surface area contributed by atoms with Crippen LogP contribution in [-0.4, -0.2) is 41.9 Å². The van der Waals surface area contributed by atoms with E-state index in [2.05, 4.69) is 10.3 Å². The zero-order valence-corrected chi connectivity index (χ0v) is 15.8. The highest BCUT2D eigenvalue weighted by atomic mass is 16.5. The lowest BCUT2D eigenvalue weighted by Crippen LogP contribution is -2.32. The van der Waals surface area contributed by atoms with Gasteiger partial charge in [0.05, 0.1) is 12.8 Å². The molecule has 0 radical (unpaired) electrons. The Hall–Kier alpha value is -2.89. The van der Waals surface area contributed by atoms with E-state index in [9.17, 15) is 9.59 Å². The van der Waals surface area contributed by atoms with Gasteiger partial charge in [-0.1, -0.05) is 18.9 Å². The summed E-state index contributed by atoms with van der Waals surface area (Å²) in [5, 5.41) is 2.86. The van der Waals surface area contributed by atoms with E-state index in [-0.39, 0.29) is 11.8 Å². The maximum Gasteiger partial charge on any atom is 0.272 e. The van der Waals surface area contributed by atoms with E-state index in [0.717, 1.165) is 44.3 Å². The second-order valence-electron chi connectivity index (χ2n) is 6.79. The fourth-order valence-corrected chi connectivity index (χ4v) is 3.24. The normalized spacial score (nSPS) is 14.4. The molecule has 1 saturated heterocycles. The van der Waals surface area contributed by atoms with Crippen molar-refractivity contribution in [1.82, 2.24) is 9.88 Å². The number of methoxy groups -OCH3 is 1. The van der Waals surface area contributed by atoms with Gasteiger partial charge in [-0.15, -0.1) is 0 Å². The highest BCUT2D eigenvalue weighted by Crippen LogP contribution is 2.25. The third-order valence-corrected chi connectivity index (χ3v) is 4.74. The second-order valence-corrected chi connectivity index (χ2v) is 6.79. The fourth-order valence-electron chi connectivity index (χ4n) is 3.24. The average molecular weight is 367 g/mol. The zero-order valence-electron chi connectivity index (χ0n) is 15.8. The van der Waals surface area contributed by atoms with Crippen molar-refractivity contribution in [3.05, 3.63) is 53.3 Å². The van der Waals surface area contributed by atoms with E-state index in [1.807, 2.05) is 30.0 Å². The average Bonchev–Trinajstić information content (AvgIpc) is 2.97. The summed E-state index contributed by atoms with van der Waals surface area (Å²) in [6, 6.07) is 8.74. The number of pyridine rings is 1. The van der Waals surface area contributed by atoms with Gasteiger partial charge < -0.3 is 15.0 Å². The van der Waals surface area contributed by atoms with Crippen LogP contribution >= 0.6 is 0 Å². The number of nitrogens with zero attached hydrogens (tertiary/aromatic N) is 2. The minimum absolute atomic E-state index is 0.111. The maximum atomic E-state index is 12.7. The topological polar surface area (TPSA) is 71.5 Å². The third-order valence-electron chi connectivity index (χ3n) is 4.74. The molecule has 6 nitrogen and oxygen atoms in total. The molecule has 0 aliphatic carbocycles.